The number of hydrogen-bond donors (Lipinski definition) is 4. The van der Waals surface area contributed by atoms with Crippen molar-refractivity contribution in [1.29, 1.82) is 0 Å². The summed E-state index contributed by atoms with van der Waals surface area (Å²) in [7, 11) is 2.18. The van der Waals surface area contributed by atoms with Crippen molar-refractivity contribution in [3.8, 4) is 0 Å². The molecule has 12 nitrogen and oxygen atoms in total. The molecule has 1 aromatic carbocycles. The highest BCUT2D eigenvalue weighted by molar-refractivity contribution is 5.98. The Morgan fingerprint density at radius 2 is 1.93 bits per heavy atom. The maximum atomic E-state index is 13.2. The molecule has 5 N–H and O–H groups in total. The number of nitrogens with one attached hydrogen (secondary N) is 3. The van der Waals surface area contributed by atoms with Gasteiger partial charge in [0, 0.05) is 60.0 Å². The first kappa shape index (κ1) is 29.5. The molecule has 4 aliphatic heterocycles. The van der Waals surface area contributed by atoms with Gasteiger partial charge in [0.1, 0.15) is 11.6 Å². The molecule has 5 heterocycles. The van der Waals surface area contributed by atoms with Crippen LogP contribution in [0.2, 0.25) is 0 Å². The zero-order valence-corrected chi connectivity index (χ0v) is 25.2. The minimum absolute atomic E-state index is 0.0388. The van der Waals surface area contributed by atoms with E-state index in [2.05, 4.69) is 79.2 Å². The molecule has 232 valence electrons. The number of guanidine groups is 1. The van der Waals surface area contributed by atoms with Crippen LogP contribution >= 0.6 is 0 Å². The van der Waals surface area contributed by atoms with Crippen molar-refractivity contribution in [2.45, 2.75) is 57.4 Å². The molecular weight excluding hydrogens is 558 g/mol. The summed E-state index contributed by atoms with van der Waals surface area (Å²) in [6.45, 7) is 2.83. The molecule has 0 spiro atoms. The third-order valence-corrected chi connectivity index (χ3v) is 8.55. The minimum Gasteiger partial charge on any atom is -0.484 e. The van der Waals surface area contributed by atoms with Gasteiger partial charge in [-0.15, -0.1) is 0 Å². The number of aromatic nitrogens is 1. The largest absolute Gasteiger partial charge is 0.484 e. The Morgan fingerprint density at radius 3 is 2.80 bits per heavy atom. The van der Waals surface area contributed by atoms with E-state index in [0.717, 1.165) is 49.8 Å². The monoisotopic (exact) mass is 599 g/mol. The van der Waals surface area contributed by atoms with E-state index in [9.17, 15) is 9.59 Å². The second-order valence-corrected chi connectivity index (χ2v) is 11.7. The highest BCUT2D eigenvalue weighted by atomic mass is 16.5. The SMILES string of the molecule is CN1CCC(n2ccc3cc(NC(N)=N/C=C4\CC/C=C\CCCN5C(=O)COC6=C5N=C(CC6)NNC4=O)ccc32)CC1. The molecule has 0 aliphatic carbocycles. The van der Waals surface area contributed by atoms with Crippen molar-refractivity contribution in [2.24, 2.45) is 15.7 Å². The molecule has 0 unspecified atom stereocenters. The van der Waals surface area contributed by atoms with Crippen LogP contribution in [0.3, 0.4) is 0 Å². The fraction of sp³-hybridized carbons (Fsp3) is 0.438. The summed E-state index contributed by atoms with van der Waals surface area (Å²) < 4.78 is 8.02. The van der Waals surface area contributed by atoms with E-state index in [4.69, 9.17) is 10.5 Å². The zero-order chi connectivity index (χ0) is 30.5. The Balaban J connectivity index is 1.14. The van der Waals surface area contributed by atoms with Gasteiger partial charge in [-0.05, 0) is 82.9 Å². The zero-order valence-electron chi connectivity index (χ0n) is 25.2. The highest BCUT2D eigenvalue weighted by Crippen LogP contribution is 2.29. The summed E-state index contributed by atoms with van der Waals surface area (Å²) >= 11 is 0. The lowest BCUT2D eigenvalue weighted by atomic mass is 10.1. The van der Waals surface area contributed by atoms with Crippen molar-refractivity contribution >= 4 is 40.2 Å². The fourth-order valence-corrected chi connectivity index (χ4v) is 6.05. The summed E-state index contributed by atoms with van der Waals surface area (Å²) in [6.07, 6.45) is 14.0. The molecule has 1 saturated heterocycles. The van der Waals surface area contributed by atoms with Gasteiger partial charge >= 0.3 is 0 Å². The van der Waals surface area contributed by atoms with Crippen LogP contribution in [0.15, 0.2) is 76.0 Å². The Bertz CT molecular complexity index is 1560. The lowest BCUT2D eigenvalue weighted by Gasteiger charge is -2.32. The van der Waals surface area contributed by atoms with Crippen LogP contribution in [0.4, 0.5) is 5.69 Å². The Morgan fingerprint density at radius 1 is 1.09 bits per heavy atom. The number of carbonyl (C=O) groups excluding carboxylic acids is 2. The van der Waals surface area contributed by atoms with E-state index in [1.807, 2.05) is 6.07 Å². The van der Waals surface area contributed by atoms with Crippen LogP contribution in [-0.2, 0) is 14.3 Å². The molecule has 1 aromatic heterocycles. The van der Waals surface area contributed by atoms with Crippen LogP contribution in [0.25, 0.3) is 10.9 Å². The molecule has 0 radical (unpaired) electrons. The second kappa shape index (κ2) is 13.4. The topological polar surface area (TPSA) is 142 Å². The van der Waals surface area contributed by atoms with Crippen molar-refractivity contribution in [3.05, 3.63) is 66.0 Å². The van der Waals surface area contributed by atoms with Crippen molar-refractivity contribution < 1.29 is 14.3 Å². The summed E-state index contributed by atoms with van der Waals surface area (Å²) in [4.78, 5) is 38.8. The van der Waals surface area contributed by atoms with Gasteiger partial charge < -0.3 is 25.3 Å². The minimum atomic E-state index is -0.322. The van der Waals surface area contributed by atoms with Crippen molar-refractivity contribution in [1.82, 2.24) is 25.2 Å². The number of rotatable bonds is 3. The molecule has 2 bridgehead atoms. The summed E-state index contributed by atoms with van der Waals surface area (Å²) in [6, 6.07) is 8.85. The van der Waals surface area contributed by atoms with Crippen LogP contribution in [0.5, 0.6) is 0 Å². The number of likely N-dealkylation sites (tertiary alicyclic amines) is 1. The molecule has 1 fully saturated rings. The van der Waals surface area contributed by atoms with Crippen LogP contribution in [-0.4, -0.2) is 71.3 Å². The fourth-order valence-electron chi connectivity index (χ4n) is 6.05. The smallest absolute Gasteiger partial charge is 0.267 e. The quantitative estimate of drug-likeness (QED) is 0.183. The number of hydrogen-bond acceptors (Lipinski definition) is 7. The molecule has 12 heteroatoms. The number of benzene rings is 1. The number of ether oxygens (including phenoxy) is 1. The maximum Gasteiger partial charge on any atom is 0.267 e. The molecule has 0 atom stereocenters. The second-order valence-electron chi connectivity index (χ2n) is 11.7. The first-order valence-electron chi connectivity index (χ1n) is 15.5. The molecule has 2 aromatic rings. The predicted molar refractivity (Wildman–Crippen MR) is 171 cm³/mol. The number of piperidine rings is 1. The first-order chi connectivity index (χ1) is 21.4. The maximum absolute atomic E-state index is 13.2. The number of nitrogens with zero attached hydrogens (tertiary/aromatic N) is 5. The average Bonchev–Trinajstić information content (AvgIpc) is 3.44. The van der Waals surface area contributed by atoms with E-state index in [0.29, 0.717) is 61.3 Å². The van der Waals surface area contributed by atoms with Crippen LogP contribution in [0, 0.1) is 0 Å². The molecule has 0 saturated carbocycles. The highest BCUT2D eigenvalue weighted by Gasteiger charge is 2.30. The number of fused-ring (bicyclic) bond motifs is 1. The predicted octanol–water partition coefficient (Wildman–Crippen LogP) is 3.49. The standard InChI is InChI=1S/C32H41N9O3/c1-39-16-13-25(14-17-39)40-18-12-22-19-24(8-9-26(22)40)35-32(33)34-20-23-7-5-3-2-4-6-15-41-29(42)21-44-27-10-11-28(36-30(27)41)37-38-31(23)43/h2-3,8-9,12,18-20,25H,4-7,10-11,13-17,21H2,1H3,(H,36,37)(H,38,43)(H3,33,34,35)/b3-2-,23-20+. The summed E-state index contributed by atoms with van der Waals surface area (Å²) in [5.41, 5.74) is 14.5. The third-order valence-electron chi connectivity index (χ3n) is 8.55. The number of anilines is 1. The summed E-state index contributed by atoms with van der Waals surface area (Å²) in [5, 5.41) is 4.30. The van der Waals surface area contributed by atoms with Gasteiger partial charge in [0.15, 0.2) is 18.4 Å². The Hall–Kier alpha value is -4.58. The number of amidine groups is 1. The normalized spacial score (nSPS) is 22.9. The number of hydrazine groups is 1. The molecule has 4 aliphatic rings. The Labute approximate surface area is 257 Å². The Kier molecular flexibility index (Phi) is 8.96. The molecule has 2 amide bonds. The third kappa shape index (κ3) is 6.80. The van der Waals surface area contributed by atoms with Crippen LogP contribution in [0.1, 0.15) is 57.4 Å². The summed E-state index contributed by atoms with van der Waals surface area (Å²) in [5.74, 6) is 1.57. The number of nitrogens with two attached hydrogens (primary N) is 1. The number of amides is 2. The molecule has 44 heavy (non-hydrogen) atoms. The van der Waals surface area contributed by atoms with Gasteiger partial charge in [0.2, 0.25) is 0 Å². The van der Waals surface area contributed by atoms with Crippen LogP contribution < -0.4 is 21.9 Å². The van der Waals surface area contributed by atoms with E-state index < -0.39 is 0 Å². The van der Waals surface area contributed by atoms with E-state index >= 15 is 0 Å². The van der Waals surface area contributed by atoms with E-state index in [-0.39, 0.29) is 24.4 Å². The van der Waals surface area contributed by atoms with Gasteiger partial charge in [-0.2, -0.15) is 0 Å². The van der Waals surface area contributed by atoms with Gasteiger partial charge in [-0.3, -0.25) is 25.3 Å². The van der Waals surface area contributed by atoms with E-state index in [1.165, 1.54) is 11.7 Å². The number of allylic oxidation sites excluding steroid dienone is 3. The lowest BCUT2D eigenvalue weighted by molar-refractivity contribution is -0.135. The number of carbonyl (C=O) groups is 2. The first-order valence-corrected chi connectivity index (χ1v) is 15.5. The average molecular weight is 600 g/mol. The van der Waals surface area contributed by atoms with Gasteiger partial charge in [0.25, 0.3) is 11.8 Å². The number of aliphatic imine (C=N–C) groups is 2. The molecular formula is C32H41N9O3. The lowest BCUT2D eigenvalue weighted by Crippen LogP contribution is -2.45. The van der Waals surface area contributed by atoms with Crippen molar-refractivity contribution in [3.63, 3.8) is 0 Å². The molecule has 6 rings (SSSR count). The van der Waals surface area contributed by atoms with Gasteiger partial charge in [-0.1, -0.05) is 12.2 Å². The van der Waals surface area contributed by atoms with E-state index in [1.54, 1.807) is 4.90 Å². The van der Waals surface area contributed by atoms with Crippen molar-refractivity contribution in [2.75, 3.05) is 38.6 Å². The van der Waals surface area contributed by atoms with Gasteiger partial charge in [-0.25, -0.2) is 9.98 Å². The van der Waals surface area contributed by atoms with Gasteiger partial charge in [0.05, 0.1) is 0 Å².